The minimum absolute atomic E-state index is 0.336. The Morgan fingerprint density at radius 3 is 1.85 bits per heavy atom. The summed E-state index contributed by atoms with van der Waals surface area (Å²) in [6.45, 7) is 0. The molecule has 3 aliphatic carbocycles. The van der Waals surface area contributed by atoms with Gasteiger partial charge in [-0.05, 0) is 97.7 Å². The quantitative estimate of drug-likeness (QED) is 0.143. The van der Waals surface area contributed by atoms with Crippen LogP contribution in [-0.2, 0) is 0 Å². The highest BCUT2D eigenvalue weighted by Gasteiger charge is 2.39. The molecule has 182 valence electrons. The molecule has 8 aromatic rings. The molecule has 0 amide bonds. The maximum atomic E-state index is 2.51. The lowest BCUT2D eigenvalue weighted by molar-refractivity contribution is 0.738. The van der Waals surface area contributed by atoms with Gasteiger partial charge in [0.05, 0.1) is 0 Å². The van der Waals surface area contributed by atoms with Crippen LogP contribution in [0.4, 0.5) is 0 Å². The Bertz CT molecular complexity index is 2540. The Labute approximate surface area is 230 Å². The number of allylic oxidation sites excluding steroid dienone is 3. The lowest BCUT2D eigenvalue weighted by atomic mass is 9.62. The second-order valence-electron chi connectivity index (χ2n) is 11.9. The van der Waals surface area contributed by atoms with E-state index in [1.54, 1.807) is 0 Å². The molecule has 2 atom stereocenters. The van der Waals surface area contributed by atoms with E-state index in [1.807, 2.05) is 0 Å². The first kappa shape index (κ1) is 20.0. The fourth-order valence-corrected chi connectivity index (χ4v) is 8.86. The molecule has 3 aliphatic rings. The van der Waals surface area contributed by atoms with E-state index < -0.39 is 0 Å². The van der Waals surface area contributed by atoms with Crippen molar-refractivity contribution in [3.8, 4) is 0 Å². The molecular formula is C40H22. The third-order valence-electron chi connectivity index (χ3n) is 10.3. The fraction of sp³-hybridized carbons (Fsp3) is 0.0500. The number of hydrogen-bond donors (Lipinski definition) is 0. The molecule has 0 heteroatoms. The Kier molecular flexibility index (Phi) is 3.31. The summed E-state index contributed by atoms with van der Waals surface area (Å²) < 4.78 is 0. The third-order valence-corrected chi connectivity index (χ3v) is 10.3. The third kappa shape index (κ3) is 2.10. The molecule has 0 aliphatic heterocycles. The van der Waals surface area contributed by atoms with E-state index in [9.17, 15) is 0 Å². The average molecular weight is 503 g/mol. The van der Waals surface area contributed by atoms with Crippen LogP contribution in [0, 0.1) is 0 Å². The summed E-state index contributed by atoms with van der Waals surface area (Å²) >= 11 is 0. The van der Waals surface area contributed by atoms with E-state index in [-0.39, 0.29) is 0 Å². The smallest absolute Gasteiger partial charge is 0.0212 e. The van der Waals surface area contributed by atoms with Crippen molar-refractivity contribution in [2.75, 3.05) is 0 Å². The van der Waals surface area contributed by atoms with Gasteiger partial charge in [-0.2, -0.15) is 0 Å². The zero-order valence-electron chi connectivity index (χ0n) is 21.7. The van der Waals surface area contributed by atoms with E-state index >= 15 is 0 Å². The minimum atomic E-state index is 0.336. The van der Waals surface area contributed by atoms with Gasteiger partial charge in [0, 0.05) is 11.8 Å². The average Bonchev–Trinajstić information content (AvgIpc) is 3.01. The van der Waals surface area contributed by atoms with Gasteiger partial charge in [-0.3, -0.25) is 0 Å². The molecule has 0 heterocycles. The van der Waals surface area contributed by atoms with Crippen molar-refractivity contribution >= 4 is 82.4 Å². The zero-order valence-corrected chi connectivity index (χ0v) is 21.7. The summed E-state index contributed by atoms with van der Waals surface area (Å²) in [7, 11) is 0. The molecule has 40 heavy (non-hydrogen) atoms. The van der Waals surface area contributed by atoms with Crippen LogP contribution in [0.5, 0.6) is 0 Å². The van der Waals surface area contributed by atoms with Crippen LogP contribution in [0.15, 0.2) is 109 Å². The lowest BCUT2D eigenvalue weighted by Gasteiger charge is -2.40. The van der Waals surface area contributed by atoms with Crippen molar-refractivity contribution in [1.29, 1.82) is 0 Å². The van der Waals surface area contributed by atoms with Crippen molar-refractivity contribution in [2.24, 2.45) is 0 Å². The van der Waals surface area contributed by atoms with Crippen LogP contribution in [0.25, 0.3) is 82.4 Å². The Morgan fingerprint density at radius 2 is 1.10 bits per heavy atom. The molecule has 0 saturated carbocycles. The van der Waals surface area contributed by atoms with E-state index in [0.717, 1.165) is 0 Å². The van der Waals surface area contributed by atoms with Gasteiger partial charge in [0.25, 0.3) is 0 Å². The molecule has 0 N–H and O–H groups in total. The molecule has 0 fully saturated rings. The van der Waals surface area contributed by atoms with Gasteiger partial charge in [0.15, 0.2) is 0 Å². The molecule has 0 aromatic heterocycles. The van der Waals surface area contributed by atoms with Gasteiger partial charge in [0.1, 0.15) is 0 Å². The highest BCUT2D eigenvalue weighted by molar-refractivity contribution is 6.34. The monoisotopic (exact) mass is 502 g/mol. The molecule has 8 aromatic carbocycles. The first-order chi connectivity index (χ1) is 19.9. The van der Waals surface area contributed by atoms with Crippen molar-refractivity contribution in [2.45, 2.75) is 11.8 Å². The molecule has 0 bridgehead atoms. The standard InChI is InChI=1S/C40H22/c1-5-21-6-2-10-24-28-14-18-32-34-20-16-30-26-12-4-8-22-7-3-11-25(36(22)26)29-15-19-33(40(34)38(29)30)31-17-13-27(37(28)39(31)32)23(9-1)35(21)24/h1-20,31,39H/t31-,39+/m0/s1. The molecule has 0 spiro atoms. The minimum Gasteiger partial charge on any atom is -0.0754 e. The number of hydrogen-bond acceptors (Lipinski definition) is 0. The van der Waals surface area contributed by atoms with Gasteiger partial charge in [-0.15, -0.1) is 0 Å². The van der Waals surface area contributed by atoms with Crippen LogP contribution >= 0.6 is 0 Å². The van der Waals surface area contributed by atoms with Gasteiger partial charge >= 0.3 is 0 Å². The van der Waals surface area contributed by atoms with Crippen LogP contribution in [0.2, 0.25) is 0 Å². The number of fused-ring (bicyclic) bond motifs is 6. The SMILES string of the molecule is C1=C[C@H]2c3ccc4c5cccc6cccc(c7ccc(c3c74)C3=CC=c4c(c1c1cccc7cccc4c71)[C@@H]32)c65. The van der Waals surface area contributed by atoms with Gasteiger partial charge in [-0.1, -0.05) is 121 Å². The summed E-state index contributed by atoms with van der Waals surface area (Å²) in [4.78, 5) is 0. The Hall–Kier alpha value is -4.94. The summed E-state index contributed by atoms with van der Waals surface area (Å²) in [6, 6.07) is 36.9. The molecule has 11 rings (SSSR count). The number of rotatable bonds is 0. The molecular weight excluding hydrogens is 480 g/mol. The predicted octanol–water partition coefficient (Wildman–Crippen LogP) is 9.85. The van der Waals surface area contributed by atoms with Crippen molar-refractivity contribution in [3.63, 3.8) is 0 Å². The van der Waals surface area contributed by atoms with E-state index in [4.69, 9.17) is 0 Å². The molecule has 0 unspecified atom stereocenters. The largest absolute Gasteiger partial charge is 0.0754 e. The van der Waals surface area contributed by atoms with Crippen LogP contribution in [-0.4, -0.2) is 0 Å². The second-order valence-corrected chi connectivity index (χ2v) is 11.9. The van der Waals surface area contributed by atoms with Crippen molar-refractivity contribution < 1.29 is 0 Å². The fourth-order valence-electron chi connectivity index (χ4n) is 8.86. The van der Waals surface area contributed by atoms with Crippen LogP contribution < -0.4 is 5.22 Å². The summed E-state index contributed by atoms with van der Waals surface area (Å²) in [5, 5.41) is 18.0. The predicted molar refractivity (Wildman–Crippen MR) is 171 cm³/mol. The summed E-state index contributed by atoms with van der Waals surface area (Å²) in [5.74, 6) is 0.678. The Morgan fingerprint density at radius 1 is 0.475 bits per heavy atom. The van der Waals surface area contributed by atoms with Gasteiger partial charge in [0.2, 0.25) is 0 Å². The maximum Gasteiger partial charge on any atom is 0.0212 e. The highest BCUT2D eigenvalue weighted by atomic mass is 14.4. The highest BCUT2D eigenvalue weighted by Crippen LogP contribution is 2.57. The summed E-state index contributed by atoms with van der Waals surface area (Å²) in [6.07, 6.45) is 9.81. The first-order valence-corrected chi connectivity index (χ1v) is 14.4. The maximum absolute atomic E-state index is 2.51. The van der Waals surface area contributed by atoms with Crippen LogP contribution in [0.1, 0.15) is 34.1 Å². The molecule has 0 radical (unpaired) electrons. The van der Waals surface area contributed by atoms with Crippen molar-refractivity contribution in [3.05, 3.63) is 137 Å². The van der Waals surface area contributed by atoms with E-state index in [1.165, 1.54) is 97.7 Å². The van der Waals surface area contributed by atoms with E-state index in [0.29, 0.717) is 11.8 Å². The zero-order chi connectivity index (χ0) is 25.7. The lowest BCUT2D eigenvalue weighted by Crippen LogP contribution is -2.29. The van der Waals surface area contributed by atoms with Crippen molar-refractivity contribution in [1.82, 2.24) is 0 Å². The second kappa shape index (κ2) is 6.61. The van der Waals surface area contributed by atoms with Gasteiger partial charge in [-0.25, -0.2) is 0 Å². The van der Waals surface area contributed by atoms with Crippen LogP contribution in [0.3, 0.4) is 0 Å². The van der Waals surface area contributed by atoms with E-state index in [2.05, 4.69) is 121 Å². The van der Waals surface area contributed by atoms with Gasteiger partial charge < -0.3 is 0 Å². The normalized spacial score (nSPS) is 18.8. The first-order valence-electron chi connectivity index (χ1n) is 14.4. The summed E-state index contributed by atoms with van der Waals surface area (Å²) in [5.41, 5.74) is 7.30. The molecule has 0 nitrogen and oxygen atoms in total. The number of benzene rings is 8. The Balaban J connectivity index is 1.33. The molecule has 0 saturated heterocycles. The topological polar surface area (TPSA) is 0 Å².